The molecule has 1 aromatic carbocycles. The summed E-state index contributed by atoms with van der Waals surface area (Å²) in [7, 11) is 2.67. The molecule has 1 unspecified atom stereocenters. The van der Waals surface area contributed by atoms with Gasteiger partial charge >= 0.3 is 5.97 Å². The minimum atomic E-state index is -1.45. The van der Waals surface area contributed by atoms with E-state index in [0.29, 0.717) is 0 Å². The van der Waals surface area contributed by atoms with Crippen molar-refractivity contribution in [3.8, 4) is 11.5 Å². The molecule has 1 atom stereocenters. The standard InChI is InChI=1S/C12H15NO8/c1-19-5-7(14)6-21-11-4-9(13(17)18)8(12(15)16)3-10(11)20-2/h3-4,7,14H,5-6H2,1-2H3,(H,15,16). The van der Waals surface area contributed by atoms with Crippen LogP contribution >= 0.6 is 0 Å². The SMILES string of the molecule is COCC(O)COc1cc([N+](=O)[O-])c(C(=O)O)cc1OC. The van der Waals surface area contributed by atoms with Crippen LogP contribution in [0.3, 0.4) is 0 Å². The normalized spacial score (nSPS) is 11.8. The monoisotopic (exact) mass is 301 g/mol. The van der Waals surface area contributed by atoms with Gasteiger partial charge in [0.2, 0.25) is 0 Å². The van der Waals surface area contributed by atoms with Crippen LogP contribution in [0.25, 0.3) is 0 Å². The maximum atomic E-state index is 11.0. The third kappa shape index (κ3) is 4.29. The Kier molecular flexibility index (Phi) is 5.88. The fraction of sp³-hybridized carbons (Fsp3) is 0.417. The van der Waals surface area contributed by atoms with Gasteiger partial charge in [0.1, 0.15) is 18.3 Å². The molecule has 116 valence electrons. The van der Waals surface area contributed by atoms with Gasteiger partial charge in [-0.1, -0.05) is 0 Å². The Morgan fingerprint density at radius 2 is 2.00 bits per heavy atom. The van der Waals surface area contributed by atoms with E-state index in [1.54, 1.807) is 0 Å². The number of aliphatic hydroxyl groups excluding tert-OH is 1. The molecule has 9 heteroatoms. The summed E-state index contributed by atoms with van der Waals surface area (Å²) in [5.74, 6) is -1.47. The first-order valence-electron chi connectivity index (χ1n) is 5.80. The number of benzene rings is 1. The molecule has 0 aliphatic heterocycles. The highest BCUT2D eigenvalue weighted by Crippen LogP contribution is 2.34. The average Bonchev–Trinajstić information content (AvgIpc) is 2.44. The van der Waals surface area contributed by atoms with Crippen LogP contribution < -0.4 is 9.47 Å². The number of nitrogens with zero attached hydrogens (tertiary/aromatic N) is 1. The van der Waals surface area contributed by atoms with Gasteiger partial charge in [0, 0.05) is 13.2 Å². The van der Waals surface area contributed by atoms with Crippen molar-refractivity contribution in [2.75, 3.05) is 27.4 Å². The molecule has 0 aromatic heterocycles. The number of carboxylic acid groups (broad SMARTS) is 1. The van der Waals surface area contributed by atoms with E-state index in [1.807, 2.05) is 0 Å². The minimum absolute atomic E-state index is 0.0163. The molecular weight excluding hydrogens is 286 g/mol. The number of aromatic carboxylic acids is 1. The van der Waals surface area contributed by atoms with Crippen LogP contribution in [0, 0.1) is 10.1 Å². The molecular formula is C12H15NO8. The summed E-state index contributed by atoms with van der Waals surface area (Å²) in [6.45, 7) is -0.161. The van der Waals surface area contributed by atoms with Gasteiger partial charge in [-0.3, -0.25) is 10.1 Å². The molecule has 1 rings (SSSR count). The average molecular weight is 301 g/mol. The molecule has 0 radical (unpaired) electrons. The van der Waals surface area contributed by atoms with Crippen LogP contribution in [-0.4, -0.2) is 54.6 Å². The Morgan fingerprint density at radius 1 is 1.33 bits per heavy atom. The van der Waals surface area contributed by atoms with E-state index in [1.165, 1.54) is 14.2 Å². The van der Waals surface area contributed by atoms with Gasteiger partial charge < -0.3 is 24.4 Å². The van der Waals surface area contributed by atoms with E-state index in [9.17, 15) is 20.0 Å². The van der Waals surface area contributed by atoms with Crippen molar-refractivity contribution in [3.05, 3.63) is 27.8 Å². The Morgan fingerprint density at radius 3 is 2.48 bits per heavy atom. The zero-order valence-corrected chi connectivity index (χ0v) is 11.4. The van der Waals surface area contributed by atoms with Crippen molar-refractivity contribution < 1.29 is 34.1 Å². The molecule has 0 spiro atoms. The molecule has 2 N–H and O–H groups in total. The Balaban J connectivity index is 3.10. The van der Waals surface area contributed by atoms with E-state index in [4.69, 9.17) is 19.3 Å². The third-order valence-electron chi connectivity index (χ3n) is 2.50. The predicted molar refractivity (Wildman–Crippen MR) is 70.0 cm³/mol. The lowest BCUT2D eigenvalue weighted by molar-refractivity contribution is -0.385. The number of methoxy groups -OCH3 is 2. The van der Waals surface area contributed by atoms with Crippen LogP contribution in [0.4, 0.5) is 5.69 Å². The fourth-order valence-electron chi connectivity index (χ4n) is 1.57. The Bertz CT molecular complexity index is 530. The number of hydrogen-bond acceptors (Lipinski definition) is 7. The summed E-state index contributed by atoms with van der Waals surface area (Å²) < 4.78 is 14.9. The summed E-state index contributed by atoms with van der Waals surface area (Å²) in [4.78, 5) is 21.1. The predicted octanol–water partition coefficient (Wildman–Crippen LogP) is 0.688. The molecule has 0 heterocycles. The van der Waals surface area contributed by atoms with Gasteiger partial charge in [0.25, 0.3) is 5.69 Å². The molecule has 0 aliphatic rings. The lowest BCUT2D eigenvalue weighted by Gasteiger charge is -2.14. The zero-order valence-electron chi connectivity index (χ0n) is 11.4. The molecule has 0 fully saturated rings. The van der Waals surface area contributed by atoms with E-state index in [2.05, 4.69) is 0 Å². The van der Waals surface area contributed by atoms with Crippen LogP contribution in [-0.2, 0) is 4.74 Å². The summed E-state index contributed by atoms with van der Waals surface area (Å²) >= 11 is 0. The van der Waals surface area contributed by atoms with Gasteiger partial charge in [-0.15, -0.1) is 0 Å². The summed E-state index contributed by atoms with van der Waals surface area (Å²) in [5, 5.41) is 29.3. The number of ether oxygens (including phenoxy) is 3. The first-order valence-corrected chi connectivity index (χ1v) is 5.80. The number of carbonyl (C=O) groups is 1. The number of rotatable bonds is 8. The summed E-state index contributed by atoms with van der Waals surface area (Å²) in [6.07, 6.45) is -0.932. The second kappa shape index (κ2) is 7.41. The van der Waals surface area contributed by atoms with Crippen molar-refractivity contribution in [1.82, 2.24) is 0 Å². The lowest BCUT2D eigenvalue weighted by atomic mass is 10.1. The van der Waals surface area contributed by atoms with Gasteiger partial charge in [0.05, 0.1) is 24.7 Å². The first-order chi connectivity index (χ1) is 9.90. The third-order valence-corrected chi connectivity index (χ3v) is 2.50. The topological polar surface area (TPSA) is 128 Å². The molecule has 0 saturated carbocycles. The fourth-order valence-corrected chi connectivity index (χ4v) is 1.57. The summed E-state index contributed by atoms with van der Waals surface area (Å²) in [5.41, 5.74) is -1.14. The van der Waals surface area contributed by atoms with Gasteiger partial charge in [-0.05, 0) is 0 Å². The number of carboxylic acids is 1. The van der Waals surface area contributed by atoms with Crippen molar-refractivity contribution in [1.29, 1.82) is 0 Å². The highest BCUT2D eigenvalue weighted by Gasteiger charge is 2.24. The van der Waals surface area contributed by atoms with Gasteiger partial charge in [-0.2, -0.15) is 0 Å². The van der Waals surface area contributed by atoms with E-state index >= 15 is 0 Å². The van der Waals surface area contributed by atoms with Crippen molar-refractivity contribution in [2.24, 2.45) is 0 Å². The van der Waals surface area contributed by atoms with E-state index in [-0.39, 0.29) is 24.7 Å². The number of aliphatic hydroxyl groups is 1. The maximum absolute atomic E-state index is 11.0. The second-order valence-electron chi connectivity index (χ2n) is 4.00. The molecule has 9 nitrogen and oxygen atoms in total. The van der Waals surface area contributed by atoms with Crippen LogP contribution in [0.15, 0.2) is 12.1 Å². The van der Waals surface area contributed by atoms with Gasteiger partial charge in [-0.25, -0.2) is 4.79 Å². The largest absolute Gasteiger partial charge is 0.493 e. The number of nitro groups is 1. The molecule has 0 saturated heterocycles. The van der Waals surface area contributed by atoms with Crippen molar-refractivity contribution >= 4 is 11.7 Å². The van der Waals surface area contributed by atoms with Crippen LogP contribution in [0.5, 0.6) is 11.5 Å². The van der Waals surface area contributed by atoms with Crippen LogP contribution in [0.2, 0.25) is 0 Å². The second-order valence-corrected chi connectivity index (χ2v) is 4.00. The zero-order chi connectivity index (χ0) is 16.0. The summed E-state index contributed by atoms with van der Waals surface area (Å²) in [6, 6.07) is 1.94. The molecule has 0 aliphatic carbocycles. The van der Waals surface area contributed by atoms with Gasteiger partial charge in [0.15, 0.2) is 11.5 Å². The van der Waals surface area contributed by atoms with Crippen LogP contribution in [0.1, 0.15) is 10.4 Å². The first kappa shape index (κ1) is 16.7. The molecule has 0 amide bonds. The van der Waals surface area contributed by atoms with Crippen molar-refractivity contribution in [3.63, 3.8) is 0 Å². The molecule has 0 bridgehead atoms. The smallest absolute Gasteiger partial charge is 0.342 e. The van der Waals surface area contributed by atoms with Crippen molar-refractivity contribution in [2.45, 2.75) is 6.10 Å². The minimum Gasteiger partial charge on any atom is -0.493 e. The Labute approximate surface area is 119 Å². The number of nitro benzene ring substituents is 1. The molecule has 21 heavy (non-hydrogen) atoms. The quantitative estimate of drug-likeness (QED) is 0.530. The lowest BCUT2D eigenvalue weighted by Crippen LogP contribution is -2.22. The highest BCUT2D eigenvalue weighted by atomic mass is 16.6. The van der Waals surface area contributed by atoms with E-state index < -0.39 is 28.2 Å². The van der Waals surface area contributed by atoms with E-state index in [0.717, 1.165) is 12.1 Å². The Hall–Kier alpha value is -2.39. The number of hydrogen-bond donors (Lipinski definition) is 2. The maximum Gasteiger partial charge on any atom is 0.342 e. The highest BCUT2D eigenvalue weighted by molar-refractivity contribution is 5.93. The molecule has 1 aromatic rings.